The van der Waals surface area contributed by atoms with Crippen molar-refractivity contribution >= 4 is 0 Å². The molecule has 0 aliphatic rings. The zero-order valence-electron chi connectivity index (χ0n) is 25.1. The van der Waals surface area contributed by atoms with Gasteiger partial charge in [-0.1, -0.05) is 127 Å². The summed E-state index contributed by atoms with van der Waals surface area (Å²) in [7, 11) is 0. The molecule has 0 bridgehead atoms. The minimum absolute atomic E-state index is 0.0704. The van der Waals surface area contributed by atoms with Gasteiger partial charge in [0.1, 0.15) is 11.6 Å². The number of rotatable bonds is 24. The standard InChI is InChI=1S/C36H56F2O/c1-3-5-7-9-11-13-21-31(33-25-15-17-27-35(33)37)23-19-29-39-30-20-24-32(22-14-12-10-8-6-4-2)34-26-16-18-28-36(34)38/h15-18,25-28,31-32H,3-14,19-24,29-30H2,1-2H3. The molecule has 220 valence electrons. The highest BCUT2D eigenvalue weighted by Gasteiger charge is 2.16. The highest BCUT2D eigenvalue weighted by Crippen LogP contribution is 2.31. The van der Waals surface area contributed by atoms with Crippen molar-refractivity contribution in [3.63, 3.8) is 0 Å². The molecule has 0 aliphatic carbocycles. The maximum absolute atomic E-state index is 14.5. The Morgan fingerprint density at radius 3 is 1.26 bits per heavy atom. The summed E-state index contributed by atoms with van der Waals surface area (Å²) < 4.78 is 35.1. The summed E-state index contributed by atoms with van der Waals surface area (Å²) in [6.07, 6.45) is 21.1. The Kier molecular flexibility index (Phi) is 18.9. The van der Waals surface area contributed by atoms with Crippen LogP contribution in [0.4, 0.5) is 8.78 Å². The first-order valence-electron chi connectivity index (χ1n) is 16.2. The Morgan fingerprint density at radius 2 is 0.846 bits per heavy atom. The topological polar surface area (TPSA) is 9.23 Å². The van der Waals surface area contributed by atoms with Gasteiger partial charge >= 0.3 is 0 Å². The molecule has 2 aromatic carbocycles. The number of benzene rings is 2. The predicted octanol–water partition coefficient (Wildman–Crippen LogP) is 11.9. The van der Waals surface area contributed by atoms with Gasteiger partial charge in [0.25, 0.3) is 0 Å². The Balaban J connectivity index is 1.73. The SMILES string of the molecule is CCCCCCCCC(CCCOCCCC(CCCCCCCC)c1ccccc1F)c1ccccc1F. The van der Waals surface area contributed by atoms with Crippen LogP contribution in [0.2, 0.25) is 0 Å². The lowest BCUT2D eigenvalue weighted by atomic mass is 9.88. The second-order valence-corrected chi connectivity index (χ2v) is 11.4. The second-order valence-electron chi connectivity index (χ2n) is 11.4. The zero-order valence-corrected chi connectivity index (χ0v) is 25.1. The largest absolute Gasteiger partial charge is 0.381 e. The highest BCUT2D eigenvalue weighted by atomic mass is 19.1. The van der Waals surface area contributed by atoms with E-state index in [0.717, 1.165) is 49.7 Å². The Bertz CT molecular complexity index is 782. The van der Waals surface area contributed by atoms with Gasteiger partial charge in [0.2, 0.25) is 0 Å². The van der Waals surface area contributed by atoms with Gasteiger partial charge in [0.15, 0.2) is 0 Å². The fourth-order valence-electron chi connectivity index (χ4n) is 5.83. The number of unbranched alkanes of at least 4 members (excludes halogenated alkanes) is 10. The zero-order chi connectivity index (χ0) is 28.0. The molecule has 0 amide bonds. The van der Waals surface area contributed by atoms with Crippen LogP contribution in [0.5, 0.6) is 0 Å². The monoisotopic (exact) mass is 542 g/mol. The van der Waals surface area contributed by atoms with Gasteiger partial charge in [-0.05, 0) is 73.6 Å². The van der Waals surface area contributed by atoms with Crippen LogP contribution >= 0.6 is 0 Å². The molecule has 2 unspecified atom stereocenters. The van der Waals surface area contributed by atoms with Crippen molar-refractivity contribution in [2.24, 2.45) is 0 Å². The van der Waals surface area contributed by atoms with E-state index in [-0.39, 0.29) is 23.5 Å². The van der Waals surface area contributed by atoms with Gasteiger partial charge in [-0.3, -0.25) is 0 Å². The van der Waals surface area contributed by atoms with E-state index in [9.17, 15) is 8.78 Å². The Hall–Kier alpha value is -1.74. The molecule has 2 rings (SSSR count). The molecule has 0 aliphatic heterocycles. The lowest BCUT2D eigenvalue weighted by molar-refractivity contribution is 0.123. The molecule has 39 heavy (non-hydrogen) atoms. The fourth-order valence-corrected chi connectivity index (χ4v) is 5.83. The first-order valence-corrected chi connectivity index (χ1v) is 16.2. The third-order valence-electron chi connectivity index (χ3n) is 8.18. The smallest absolute Gasteiger partial charge is 0.126 e. The fraction of sp³-hybridized carbons (Fsp3) is 0.667. The van der Waals surface area contributed by atoms with E-state index in [0.29, 0.717) is 13.2 Å². The molecule has 0 heterocycles. The van der Waals surface area contributed by atoms with Crippen LogP contribution in [0, 0.1) is 11.6 Å². The van der Waals surface area contributed by atoms with Crippen molar-refractivity contribution in [3.05, 3.63) is 71.3 Å². The van der Waals surface area contributed by atoms with E-state index in [2.05, 4.69) is 13.8 Å². The Morgan fingerprint density at radius 1 is 0.487 bits per heavy atom. The molecule has 2 aromatic rings. The van der Waals surface area contributed by atoms with E-state index in [1.807, 2.05) is 24.3 Å². The molecule has 0 aromatic heterocycles. The maximum Gasteiger partial charge on any atom is 0.126 e. The number of hydrogen-bond acceptors (Lipinski definition) is 1. The second kappa shape index (κ2) is 22.0. The molecule has 0 saturated carbocycles. The summed E-state index contributed by atoms with van der Waals surface area (Å²) in [6, 6.07) is 14.6. The van der Waals surface area contributed by atoms with Crippen LogP contribution in [0.25, 0.3) is 0 Å². The van der Waals surface area contributed by atoms with Crippen LogP contribution < -0.4 is 0 Å². The molecular weight excluding hydrogens is 486 g/mol. The van der Waals surface area contributed by atoms with Crippen LogP contribution in [0.1, 0.15) is 152 Å². The summed E-state index contributed by atoms with van der Waals surface area (Å²) in [5.41, 5.74) is 1.74. The summed E-state index contributed by atoms with van der Waals surface area (Å²) in [4.78, 5) is 0. The van der Waals surface area contributed by atoms with Gasteiger partial charge in [-0.15, -0.1) is 0 Å². The van der Waals surface area contributed by atoms with Crippen LogP contribution in [-0.4, -0.2) is 13.2 Å². The van der Waals surface area contributed by atoms with Gasteiger partial charge < -0.3 is 4.74 Å². The first-order chi connectivity index (χ1) is 19.2. The molecule has 0 fully saturated rings. The summed E-state index contributed by atoms with van der Waals surface area (Å²) in [5.74, 6) is 0.394. The lowest BCUT2D eigenvalue weighted by Gasteiger charge is -2.19. The minimum atomic E-state index is -0.0704. The number of hydrogen-bond donors (Lipinski definition) is 0. The van der Waals surface area contributed by atoms with E-state index in [1.54, 1.807) is 24.3 Å². The van der Waals surface area contributed by atoms with Crippen LogP contribution in [-0.2, 0) is 4.74 Å². The molecule has 1 nitrogen and oxygen atoms in total. The minimum Gasteiger partial charge on any atom is -0.381 e. The van der Waals surface area contributed by atoms with Crippen molar-refractivity contribution in [1.82, 2.24) is 0 Å². The van der Waals surface area contributed by atoms with Gasteiger partial charge in [0.05, 0.1) is 0 Å². The summed E-state index contributed by atoms with van der Waals surface area (Å²) >= 11 is 0. The van der Waals surface area contributed by atoms with Crippen LogP contribution in [0.3, 0.4) is 0 Å². The van der Waals surface area contributed by atoms with Crippen molar-refractivity contribution in [3.8, 4) is 0 Å². The van der Waals surface area contributed by atoms with Gasteiger partial charge in [-0.25, -0.2) is 8.78 Å². The predicted molar refractivity (Wildman–Crippen MR) is 164 cm³/mol. The molecule has 2 atom stereocenters. The molecular formula is C36H56F2O. The van der Waals surface area contributed by atoms with Crippen molar-refractivity contribution in [2.75, 3.05) is 13.2 Å². The summed E-state index contributed by atoms with van der Waals surface area (Å²) in [5, 5.41) is 0. The average Bonchev–Trinajstić information content (AvgIpc) is 2.94. The maximum atomic E-state index is 14.5. The van der Waals surface area contributed by atoms with Gasteiger partial charge in [-0.2, -0.15) is 0 Å². The van der Waals surface area contributed by atoms with Gasteiger partial charge in [0, 0.05) is 13.2 Å². The molecule has 3 heteroatoms. The van der Waals surface area contributed by atoms with Crippen molar-refractivity contribution in [1.29, 1.82) is 0 Å². The van der Waals surface area contributed by atoms with E-state index in [4.69, 9.17) is 4.74 Å². The number of ether oxygens (including phenoxy) is 1. The molecule has 0 radical (unpaired) electrons. The highest BCUT2D eigenvalue weighted by molar-refractivity contribution is 5.22. The van der Waals surface area contributed by atoms with E-state index in [1.165, 1.54) is 77.0 Å². The van der Waals surface area contributed by atoms with E-state index < -0.39 is 0 Å². The Labute approximate surface area is 239 Å². The van der Waals surface area contributed by atoms with Crippen LogP contribution in [0.15, 0.2) is 48.5 Å². The van der Waals surface area contributed by atoms with Crippen molar-refractivity contribution < 1.29 is 13.5 Å². The average molecular weight is 543 g/mol. The molecule has 0 saturated heterocycles. The third-order valence-corrected chi connectivity index (χ3v) is 8.18. The van der Waals surface area contributed by atoms with Crippen molar-refractivity contribution in [2.45, 2.75) is 141 Å². The lowest BCUT2D eigenvalue weighted by Crippen LogP contribution is -2.07. The molecule has 0 N–H and O–H groups in total. The molecule has 0 spiro atoms. The first kappa shape index (κ1) is 33.5. The van der Waals surface area contributed by atoms with E-state index >= 15 is 0 Å². The number of halogens is 2. The quantitative estimate of drug-likeness (QED) is 0.120. The third kappa shape index (κ3) is 14.5. The normalized spacial score (nSPS) is 13.0. The summed E-state index contributed by atoms with van der Waals surface area (Å²) in [6.45, 7) is 5.91.